The average molecular weight is 330 g/mol. The predicted octanol–water partition coefficient (Wildman–Crippen LogP) is 1.44. The third-order valence-corrected chi connectivity index (χ3v) is 4.69. The second kappa shape index (κ2) is 6.10. The van der Waals surface area contributed by atoms with Crippen LogP contribution in [0.15, 0.2) is 21.7 Å². The van der Waals surface area contributed by atoms with Gasteiger partial charge >= 0.3 is 6.18 Å². The zero-order valence-corrected chi connectivity index (χ0v) is 12.3. The Kier molecular flexibility index (Phi) is 5.16. The topological polar surface area (TPSA) is 66.5 Å². The average Bonchev–Trinajstić information content (AvgIpc) is 2.78. The highest BCUT2D eigenvalue weighted by atomic mass is 32.2. The Balaban J connectivity index is 2.72. The number of hydrogen-bond donors (Lipinski definition) is 1. The summed E-state index contributed by atoms with van der Waals surface area (Å²) >= 11 is 1.13. The lowest BCUT2D eigenvalue weighted by atomic mass is 10.3. The van der Waals surface area contributed by atoms with Gasteiger partial charge in [-0.3, -0.25) is 9.69 Å². The van der Waals surface area contributed by atoms with E-state index in [9.17, 15) is 26.4 Å². The molecule has 5 nitrogen and oxygen atoms in total. The number of likely N-dealkylation sites (N-methyl/N-ethyl adjacent to an activating group) is 1. The lowest BCUT2D eigenvalue weighted by molar-refractivity contribution is -0.150. The van der Waals surface area contributed by atoms with Crippen LogP contribution >= 0.6 is 11.3 Å². The van der Waals surface area contributed by atoms with Gasteiger partial charge in [0.1, 0.15) is 0 Å². The molecule has 0 spiro atoms. The van der Waals surface area contributed by atoms with E-state index in [0.717, 1.165) is 23.3 Å². The maximum Gasteiger partial charge on any atom is 0.401 e. The number of amides is 1. The largest absolute Gasteiger partial charge is 0.401 e. The van der Waals surface area contributed by atoms with Crippen LogP contribution in [0, 0.1) is 0 Å². The maximum atomic E-state index is 12.2. The fourth-order valence-electron chi connectivity index (χ4n) is 1.30. The number of nitrogens with one attached hydrogen (secondary N) is 1. The number of carbonyl (C=O) groups is 1. The van der Waals surface area contributed by atoms with E-state index in [-0.39, 0.29) is 4.90 Å². The van der Waals surface area contributed by atoms with Crippen molar-refractivity contribution in [2.45, 2.75) is 24.0 Å². The zero-order chi connectivity index (χ0) is 15.6. The van der Waals surface area contributed by atoms with Crippen molar-refractivity contribution >= 4 is 27.3 Å². The quantitative estimate of drug-likeness (QED) is 0.887. The smallest absolute Gasteiger partial charge is 0.287 e. The lowest BCUT2D eigenvalue weighted by Gasteiger charge is -2.24. The van der Waals surface area contributed by atoms with Crippen molar-refractivity contribution < 1.29 is 26.4 Å². The molecule has 1 aromatic rings. The number of carbonyl (C=O) groups excluding carboxylic acids is 1. The molecular weight excluding hydrogens is 317 g/mol. The molecule has 1 rings (SSSR count). The molecule has 20 heavy (non-hydrogen) atoms. The van der Waals surface area contributed by atoms with E-state index >= 15 is 0 Å². The van der Waals surface area contributed by atoms with Crippen molar-refractivity contribution in [3.63, 3.8) is 0 Å². The molecule has 0 saturated heterocycles. The minimum Gasteiger partial charge on any atom is -0.287 e. The van der Waals surface area contributed by atoms with Gasteiger partial charge in [0.2, 0.25) is 0 Å². The Morgan fingerprint density at radius 1 is 1.50 bits per heavy atom. The molecule has 10 heteroatoms. The number of nitrogens with zero attached hydrogens (tertiary/aromatic N) is 1. The third kappa shape index (κ3) is 4.76. The van der Waals surface area contributed by atoms with Gasteiger partial charge in [-0.05, 0) is 25.4 Å². The minimum absolute atomic E-state index is 0.0958. The molecule has 114 valence electrons. The van der Waals surface area contributed by atoms with Crippen molar-refractivity contribution in [2.75, 3.05) is 13.6 Å². The second-order valence-corrected chi connectivity index (χ2v) is 6.60. The second-order valence-electron chi connectivity index (χ2n) is 4.14. The Bertz CT molecular complexity index is 555. The minimum atomic E-state index is -4.46. The molecule has 1 amide bonds. The first kappa shape index (κ1) is 16.9. The van der Waals surface area contributed by atoms with E-state index in [1.165, 1.54) is 23.8 Å². The molecule has 0 aliphatic carbocycles. The summed E-state index contributed by atoms with van der Waals surface area (Å²) in [5.41, 5.74) is 0. The Labute approximate surface area is 118 Å². The highest BCUT2D eigenvalue weighted by Crippen LogP contribution is 2.17. The van der Waals surface area contributed by atoms with Gasteiger partial charge in [0, 0.05) is 5.38 Å². The molecule has 0 bridgehead atoms. The summed E-state index contributed by atoms with van der Waals surface area (Å²) in [4.78, 5) is 12.3. The van der Waals surface area contributed by atoms with E-state index in [1.54, 1.807) is 4.72 Å². The Morgan fingerprint density at radius 2 is 2.10 bits per heavy atom. The first-order chi connectivity index (χ1) is 9.03. The molecule has 0 aliphatic rings. The van der Waals surface area contributed by atoms with E-state index in [0.29, 0.717) is 0 Å². The van der Waals surface area contributed by atoms with Crippen molar-refractivity contribution in [2.24, 2.45) is 0 Å². The number of sulfonamides is 1. The summed E-state index contributed by atoms with van der Waals surface area (Å²) in [5, 5.41) is 2.83. The van der Waals surface area contributed by atoms with Crippen LogP contribution in [0.1, 0.15) is 6.92 Å². The molecule has 0 aromatic carbocycles. The van der Waals surface area contributed by atoms with Gasteiger partial charge in [-0.15, -0.1) is 0 Å². The normalized spacial score (nSPS) is 14.3. The van der Waals surface area contributed by atoms with Gasteiger partial charge in [-0.1, -0.05) is 0 Å². The van der Waals surface area contributed by atoms with Crippen LogP contribution in [0.2, 0.25) is 0 Å². The molecule has 1 atom stereocenters. The molecule has 1 heterocycles. The molecule has 0 radical (unpaired) electrons. The zero-order valence-electron chi connectivity index (χ0n) is 10.6. The van der Waals surface area contributed by atoms with Gasteiger partial charge < -0.3 is 0 Å². The fourth-order valence-corrected chi connectivity index (χ4v) is 3.38. The van der Waals surface area contributed by atoms with Gasteiger partial charge in [0.05, 0.1) is 17.5 Å². The first-order valence-electron chi connectivity index (χ1n) is 5.39. The van der Waals surface area contributed by atoms with Crippen LogP contribution in [0.3, 0.4) is 0 Å². The van der Waals surface area contributed by atoms with Gasteiger partial charge in [-0.2, -0.15) is 24.5 Å². The highest BCUT2D eigenvalue weighted by molar-refractivity contribution is 7.90. The summed E-state index contributed by atoms with van der Waals surface area (Å²) in [5.74, 6) is -1.01. The first-order valence-corrected chi connectivity index (χ1v) is 7.81. The summed E-state index contributed by atoms with van der Waals surface area (Å²) < 4.78 is 61.9. The molecule has 1 aromatic heterocycles. The summed E-state index contributed by atoms with van der Waals surface area (Å²) in [7, 11) is -2.94. The molecule has 1 unspecified atom stereocenters. The van der Waals surface area contributed by atoms with Crippen molar-refractivity contribution in [1.29, 1.82) is 0 Å². The molecule has 0 fully saturated rings. The number of hydrogen-bond acceptors (Lipinski definition) is 5. The van der Waals surface area contributed by atoms with Gasteiger partial charge in [-0.25, -0.2) is 13.1 Å². The number of halogens is 3. The number of alkyl halides is 3. The van der Waals surface area contributed by atoms with E-state index < -0.39 is 34.7 Å². The van der Waals surface area contributed by atoms with E-state index in [4.69, 9.17) is 0 Å². The van der Waals surface area contributed by atoms with E-state index in [2.05, 4.69) is 0 Å². The van der Waals surface area contributed by atoms with Crippen LogP contribution in [-0.2, 0) is 14.8 Å². The van der Waals surface area contributed by atoms with Crippen LogP contribution in [0.4, 0.5) is 13.2 Å². The monoisotopic (exact) mass is 330 g/mol. The highest BCUT2D eigenvalue weighted by Gasteiger charge is 2.33. The standard InChI is InChI=1S/C10H13F3N2O3S2/c1-7(15(2)6-10(11,12)13)9(16)14-20(17,18)8-3-4-19-5-8/h3-5,7H,6H2,1-2H3,(H,14,16). The van der Waals surface area contributed by atoms with Crippen LogP contribution in [-0.4, -0.2) is 45.0 Å². The summed E-state index contributed by atoms with van der Waals surface area (Å²) in [6.45, 7) is -0.107. The third-order valence-electron chi connectivity index (χ3n) is 2.51. The SMILES string of the molecule is CC(C(=O)NS(=O)(=O)c1ccsc1)N(C)CC(F)(F)F. The maximum absolute atomic E-state index is 12.2. The van der Waals surface area contributed by atoms with Crippen LogP contribution in [0.5, 0.6) is 0 Å². The van der Waals surface area contributed by atoms with Gasteiger partial charge in [0.25, 0.3) is 15.9 Å². The van der Waals surface area contributed by atoms with Crippen molar-refractivity contribution in [3.8, 4) is 0 Å². The predicted molar refractivity (Wildman–Crippen MR) is 67.8 cm³/mol. The van der Waals surface area contributed by atoms with Crippen LogP contribution < -0.4 is 4.72 Å². The lowest BCUT2D eigenvalue weighted by Crippen LogP contribution is -2.47. The van der Waals surface area contributed by atoms with Crippen molar-refractivity contribution in [3.05, 3.63) is 16.8 Å². The van der Waals surface area contributed by atoms with Crippen LogP contribution in [0.25, 0.3) is 0 Å². The summed E-state index contributed by atoms with van der Waals surface area (Å²) in [6, 6.07) is 0.0646. The molecule has 0 saturated carbocycles. The fraction of sp³-hybridized carbons (Fsp3) is 0.500. The Hall–Kier alpha value is -1.13. The molecule has 1 N–H and O–H groups in total. The summed E-state index contributed by atoms with van der Waals surface area (Å²) in [6.07, 6.45) is -4.46. The number of thiophene rings is 1. The number of rotatable bonds is 5. The molecule has 0 aliphatic heterocycles. The molecular formula is C10H13F3N2O3S2. The Morgan fingerprint density at radius 3 is 2.55 bits per heavy atom. The van der Waals surface area contributed by atoms with Gasteiger partial charge in [0.15, 0.2) is 0 Å². The van der Waals surface area contributed by atoms with E-state index in [1.807, 2.05) is 0 Å². The van der Waals surface area contributed by atoms with Crippen molar-refractivity contribution in [1.82, 2.24) is 9.62 Å².